The molecule has 1 amide bonds. The predicted octanol–water partition coefficient (Wildman–Crippen LogP) is 2.98. The molecule has 28 heavy (non-hydrogen) atoms. The SMILES string of the molecule is CCOc1ccc(CN(C)Cn2nc(CCC(N)=O)n(CC(C)C)c2=S)cc1. The molecule has 0 radical (unpaired) electrons. The Kier molecular flexibility index (Phi) is 8.19. The van der Waals surface area contributed by atoms with Gasteiger partial charge in [0.1, 0.15) is 11.6 Å². The van der Waals surface area contributed by atoms with E-state index in [9.17, 15) is 4.79 Å². The average molecular weight is 406 g/mol. The second-order valence-corrected chi connectivity index (χ2v) is 7.77. The number of carbonyl (C=O) groups is 1. The van der Waals surface area contributed by atoms with Gasteiger partial charge in [-0.05, 0) is 49.8 Å². The number of nitrogens with zero attached hydrogens (tertiary/aromatic N) is 4. The standard InChI is InChI=1S/C20H31N5O2S/c1-5-27-17-8-6-16(7-9-17)13-23(4)14-25-20(28)24(12-15(2)3)19(22-25)11-10-18(21)26/h6-9,15H,5,10-14H2,1-4H3,(H2,21,26). The maximum atomic E-state index is 11.2. The van der Waals surface area contributed by atoms with Gasteiger partial charge in [-0.1, -0.05) is 26.0 Å². The number of aryl methyl sites for hydroxylation is 1. The van der Waals surface area contributed by atoms with E-state index < -0.39 is 0 Å². The molecule has 0 unspecified atom stereocenters. The fraction of sp³-hybridized carbons (Fsp3) is 0.550. The van der Waals surface area contributed by atoms with Gasteiger partial charge in [0, 0.05) is 25.9 Å². The minimum Gasteiger partial charge on any atom is -0.494 e. The third kappa shape index (κ3) is 6.45. The molecule has 2 aromatic rings. The number of hydrogen-bond donors (Lipinski definition) is 1. The summed E-state index contributed by atoms with van der Waals surface area (Å²) in [6, 6.07) is 8.10. The molecule has 0 aliphatic heterocycles. The molecule has 8 heteroatoms. The summed E-state index contributed by atoms with van der Waals surface area (Å²) < 4.78 is 10.0. The van der Waals surface area contributed by atoms with Crippen LogP contribution < -0.4 is 10.5 Å². The van der Waals surface area contributed by atoms with Gasteiger partial charge >= 0.3 is 0 Å². The normalized spacial score (nSPS) is 11.4. The van der Waals surface area contributed by atoms with Crippen LogP contribution >= 0.6 is 12.2 Å². The van der Waals surface area contributed by atoms with Crippen LogP contribution in [0.15, 0.2) is 24.3 Å². The lowest BCUT2D eigenvalue weighted by Gasteiger charge is -2.17. The third-order valence-corrected chi connectivity index (χ3v) is 4.64. The van der Waals surface area contributed by atoms with Crippen LogP contribution in [0.4, 0.5) is 0 Å². The van der Waals surface area contributed by atoms with E-state index in [0.29, 0.717) is 30.4 Å². The average Bonchev–Trinajstić information content (AvgIpc) is 2.90. The number of rotatable bonds is 11. The van der Waals surface area contributed by atoms with E-state index in [1.807, 2.05) is 35.4 Å². The van der Waals surface area contributed by atoms with Crippen LogP contribution in [0.25, 0.3) is 0 Å². The number of amides is 1. The first-order chi connectivity index (χ1) is 13.3. The quantitative estimate of drug-likeness (QED) is 0.582. The van der Waals surface area contributed by atoms with Crippen LogP contribution in [0.5, 0.6) is 5.75 Å². The molecule has 1 heterocycles. The Hall–Kier alpha value is -2.19. The molecule has 7 nitrogen and oxygen atoms in total. The van der Waals surface area contributed by atoms with Crippen molar-refractivity contribution in [2.75, 3.05) is 13.7 Å². The van der Waals surface area contributed by atoms with Crippen LogP contribution in [0.3, 0.4) is 0 Å². The van der Waals surface area contributed by atoms with Crippen LogP contribution in [0.1, 0.15) is 38.6 Å². The Bertz CT molecular complexity index is 826. The summed E-state index contributed by atoms with van der Waals surface area (Å²) in [6.45, 7) is 9.01. The Labute approximate surface area is 172 Å². The Morgan fingerprint density at radius 3 is 2.57 bits per heavy atom. The molecule has 0 saturated heterocycles. The van der Waals surface area contributed by atoms with Crippen molar-refractivity contribution < 1.29 is 9.53 Å². The Morgan fingerprint density at radius 1 is 1.32 bits per heavy atom. The van der Waals surface area contributed by atoms with E-state index in [-0.39, 0.29) is 12.3 Å². The van der Waals surface area contributed by atoms with E-state index in [4.69, 9.17) is 22.7 Å². The van der Waals surface area contributed by atoms with Crippen molar-refractivity contribution in [2.24, 2.45) is 11.7 Å². The summed E-state index contributed by atoms with van der Waals surface area (Å²) in [5.41, 5.74) is 6.49. The molecule has 0 bridgehead atoms. The topological polar surface area (TPSA) is 78.3 Å². The smallest absolute Gasteiger partial charge is 0.217 e. The minimum atomic E-state index is -0.329. The third-order valence-electron chi connectivity index (χ3n) is 4.20. The number of aromatic nitrogens is 3. The number of carbonyl (C=O) groups excluding carboxylic acids is 1. The molecule has 2 rings (SSSR count). The van der Waals surface area contributed by atoms with Crippen LogP contribution in [-0.2, 0) is 31.0 Å². The van der Waals surface area contributed by atoms with Gasteiger partial charge in [-0.3, -0.25) is 9.69 Å². The largest absolute Gasteiger partial charge is 0.494 e. The fourth-order valence-corrected chi connectivity index (χ4v) is 3.27. The zero-order chi connectivity index (χ0) is 20.7. The van der Waals surface area contributed by atoms with Gasteiger partial charge in [-0.2, -0.15) is 5.10 Å². The van der Waals surface area contributed by atoms with Gasteiger partial charge in [0.15, 0.2) is 4.77 Å². The summed E-state index contributed by atoms with van der Waals surface area (Å²) in [4.78, 5) is 13.3. The van der Waals surface area contributed by atoms with Crippen LogP contribution in [0.2, 0.25) is 0 Å². The molecule has 0 aliphatic rings. The number of benzene rings is 1. The zero-order valence-corrected chi connectivity index (χ0v) is 18.0. The molecule has 0 fully saturated rings. The van der Waals surface area contributed by atoms with Gasteiger partial charge in [0.05, 0.1) is 13.3 Å². The first-order valence-corrected chi connectivity index (χ1v) is 10.1. The monoisotopic (exact) mass is 405 g/mol. The number of primary amides is 1. The lowest BCUT2D eigenvalue weighted by molar-refractivity contribution is -0.118. The van der Waals surface area contributed by atoms with Gasteiger partial charge in [0.2, 0.25) is 5.91 Å². The van der Waals surface area contributed by atoms with Crippen molar-refractivity contribution in [3.63, 3.8) is 0 Å². The van der Waals surface area contributed by atoms with Crippen molar-refractivity contribution in [3.05, 3.63) is 40.4 Å². The van der Waals surface area contributed by atoms with Gasteiger partial charge in [-0.25, -0.2) is 4.68 Å². The second-order valence-electron chi connectivity index (χ2n) is 7.40. The highest BCUT2D eigenvalue weighted by Gasteiger charge is 2.14. The highest BCUT2D eigenvalue weighted by Crippen LogP contribution is 2.14. The first-order valence-electron chi connectivity index (χ1n) is 9.65. The summed E-state index contributed by atoms with van der Waals surface area (Å²) in [5, 5.41) is 4.66. The molecule has 0 atom stereocenters. The highest BCUT2D eigenvalue weighted by molar-refractivity contribution is 7.71. The van der Waals surface area contributed by atoms with Gasteiger partial charge in [-0.15, -0.1) is 0 Å². The Morgan fingerprint density at radius 2 is 2.00 bits per heavy atom. The first kappa shape index (κ1) is 22.1. The van der Waals surface area contributed by atoms with E-state index in [0.717, 1.165) is 24.7 Å². The molecule has 154 valence electrons. The van der Waals surface area contributed by atoms with Gasteiger partial charge < -0.3 is 15.0 Å². The molecular formula is C20H31N5O2S. The predicted molar refractivity (Wildman–Crippen MR) is 112 cm³/mol. The molecular weight excluding hydrogens is 374 g/mol. The van der Waals surface area contributed by atoms with Crippen LogP contribution in [0, 0.1) is 10.7 Å². The van der Waals surface area contributed by atoms with E-state index >= 15 is 0 Å². The van der Waals surface area contributed by atoms with Crippen molar-refractivity contribution in [2.45, 2.75) is 53.4 Å². The van der Waals surface area contributed by atoms with Crippen LogP contribution in [-0.4, -0.2) is 38.8 Å². The number of nitrogens with two attached hydrogens (primary N) is 1. The number of hydrogen-bond acceptors (Lipinski definition) is 5. The van der Waals surface area contributed by atoms with Crippen molar-refractivity contribution in [1.29, 1.82) is 0 Å². The number of ether oxygens (including phenoxy) is 1. The maximum absolute atomic E-state index is 11.2. The van der Waals surface area contributed by atoms with Crippen molar-refractivity contribution in [1.82, 2.24) is 19.2 Å². The summed E-state index contributed by atoms with van der Waals surface area (Å²) in [7, 11) is 2.03. The van der Waals surface area contributed by atoms with Gasteiger partial charge in [0.25, 0.3) is 0 Å². The molecule has 2 N–H and O–H groups in total. The fourth-order valence-electron chi connectivity index (χ4n) is 2.99. The van der Waals surface area contributed by atoms with Crippen molar-refractivity contribution in [3.8, 4) is 5.75 Å². The lowest BCUT2D eigenvalue weighted by Crippen LogP contribution is -2.22. The lowest BCUT2D eigenvalue weighted by atomic mass is 10.2. The van der Waals surface area contributed by atoms with Crippen molar-refractivity contribution >= 4 is 18.1 Å². The molecule has 0 spiro atoms. The highest BCUT2D eigenvalue weighted by atomic mass is 32.1. The summed E-state index contributed by atoms with van der Waals surface area (Å²) >= 11 is 5.64. The second kappa shape index (κ2) is 10.4. The molecule has 0 saturated carbocycles. The Balaban J connectivity index is 2.10. The minimum absolute atomic E-state index is 0.270. The zero-order valence-electron chi connectivity index (χ0n) is 17.2. The van der Waals surface area contributed by atoms with E-state index in [1.165, 1.54) is 5.56 Å². The van der Waals surface area contributed by atoms with E-state index in [2.05, 4.69) is 36.0 Å². The molecule has 0 aliphatic carbocycles. The summed E-state index contributed by atoms with van der Waals surface area (Å²) in [6.07, 6.45) is 0.771. The maximum Gasteiger partial charge on any atom is 0.217 e. The van der Waals surface area contributed by atoms with E-state index in [1.54, 1.807) is 0 Å². The molecule has 1 aromatic heterocycles. The summed E-state index contributed by atoms with van der Waals surface area (Å²) in [5.74, 6) is 1.79. The molecule has 1 aromatic carbocycles.